The smallest absolute Gasteiger partial charge is 0.129 e. The van der Waals surface area contributed by atoms with Crippen molar-refractivity contribution in [2.45, 2.75) is 6.54 Å². The van der Waals surface area contributed by atoms with Crippen molar-refractivity contribution >= 4 is 17.3 Å². The number of halogens is 1. The maximum Gasteiger partial charge on any atom is 0.129 e. The number of rotatable bonds is 3. The van der Waals surface area contributed by atoms with Crippen LogP contribution in [0.1, 0.15) is 11.1 Å². The van der Waals surface area contributed by atoms with Crippen LogP contribution in [0.25, 0.3) is 0 Å². The van der Waals surface area contributed by atoms with Gasteiger partial charge >= 0.3 is 0 Å². The van der Waals surface area contributed by atoms with E-state index in [4.69, 9.17) is 16.9 Å². The first-order valence-electron chi connectivity index (χ1n) is 5.51. The highest BCUT2D eigenvalue weighted by atomic mass is 35.5. The van der Waals surface area contributed by atoms with Gasteiger partial charge in [0.05, 0.1) is 11.6 Å². The minimum Gasteiger partial charge on any atom is -0.370 e. The Balaban J connectivity index is 2.14. The van der Waals surface area contributed by atoms with E-state index in [2.05, 4.69) is 16.0 Å². The van der Waals surface area contributed by atoms with Gasteiger partial charge in [-0.15, -0.1) is 0 Å². The van der Waals surface area contributed by atoms with Crippen LogP contribution < -0.4 is 4.90 Å². The van der Waals surface area contributed by atoms with Crippen molar-refractivity contribution in [3.63, 3.8) is 0 Å². The van der Waals surface area contributed by atoms with Crippen molar-refractivity contribution in [3.05, 3.63) is 58.9 Å². The lowest BCUT2D eigenvalue weighted by molar-refractivity contribution is 0.915. The number of benzene rings is 1. The molecular formula is C14H12ClN3. The lowest BCUT2D eigenvalue weighted by Gasteiger charge is -2.19. The summed E-state index contributed by atoms with van der Waals surface area (Å²) in [6.07, 6.45) is 1.76. The van der Waals surface area contributed by atoms with Crippen molar-refractivity contribution in [3.8, 4) is 6.07 Å². The molecule has 0 atom stereocenters. The first-order valence-corrected chi connectivity index (χ1v) is 5.88. The zero-order chi connectivity index (χ0) is 13.0. The Hall–Kier alpha value is -2.05. The second-order valence-corrected chi connectivity index (χ2v) is 4.39. The molecule has 0 amide bonds. The molecule has 0 saturated carbocycles. The van der Waals surface area contributed by atoms with E-state index in [0.29, 0.717) is 10.7 Å². The SMILES string of the molecule is CN(Cc1ccc(Cl)nc1)c1cccc(C#N)c1. The molecule has 0 aliphatic carbocycles. The largest absolute Gasteiger partial charge is 0.370 e. The fourth-order valence-electron chi connectivity index (χ4n) is 1.68. The first kappa shape index (κ1) is 12.4. The molecule has 0 bridgehead atoms. The van der Waals surface area contributed by atoms with Crippen molar-refractivity contribution in [2.75, 3.05) is 11.9 Å². The number of aromatic nitrogens is 1. The molecule has 18 heavy (non-hydrogen) atoms. The number of hydrogen-bond donors (Lipinski definition) is 0. The zero-order valence-corrected chi connectivity index (χ0v) is 10.7. The molecule has 0 saturated heterocycles. The van der Waals surface area contributed by atoms with Gasteiger partial charge in [-0.3, -0.25) is 0 Å². The Morgan fingerprint density at radius 3 is 2.83 bits per heavy atom. The highest BCUT2D eigenvalue weighted by molar-refractivity contribution is 6.29. The Morgan fingerprint density at radius 2 is 2.17 bits per heavy atom. The number of pyridine rings is 1. The fraction of sp³-hybridized carbons (Fsp3) is 0.143. The van der Waals surface area contributed by atoms with Crippen molar-refractivity contribution in [1.29, 1.82) is 5.26 Å². The van der Waals surface area contributed by atoms with E-state index in [1.54, 1.807) is 18.3 Å². The fourth-order valence-corrected chi connectivity index (χ4v) is 1.79. The van der Waals surface area contributed by atoms with Crippen LogP contribution in [0, 0.1) is 11.3 Å². The summed E-state index contributed by atoms with van der Waals surface area (Å²) >= 11 is 5.74. The van der Waals surface area contributed by atoms with E-state index >= 15 is 0 Å². The minimum atomic E-state index is 0.493. The van der Waals surface area contributed by atoms with Gasteiger partial charge in [0.2, 0.25) is 0 Å². The van der Waals surface area contributed by atoms with Gasteiger partial charge in [0.15, 0.2) is 0 Å². The number of anilines is 1. The van der Waals surface area contributed by atoms with Crippen LogP contribution in [0.4, 0.5) is 5.69 Å². The summed E-state index contributed by atoms with van der Waals surface area (Å²) in [5.41, 5.74) is 2.74. The number of nitriles is 1. The van der Waals surface area contributed by atoms with Gasteiger partial charge < -0.3 is 4.90 Å². The average Bonchev–Trinajstić information content (AvgIpc) is 2.41. The molecule has 4 heteroatoms. The molecule has 0 aliphatic rings. The van der Waals surface area contributed by atoms with Crippen LogP contribution in [-0.2, 0) is 6.54 Å². The highest BCUT2D eigenvalue weighted by Crippen LogP contribution is 2.17. The summed E-state index contributed by atoms with van der Waals surface area (Å²) in [6.45, 7) is 0.721. The molecule has 0 fully saturated rings. The van der Waals surface area contributed by atoms with Crippen LogP contribution in [0.2, 0.25) is 5.15 Å². The molecular weight excluding hydrogens is 246 g/mol. The maximum absolute atomic E-state index is 8.87. The van der Waals surface area contributed by atoms with Gasteiger partial charge in [-0.2, -0.15) is 5.26 Å². The molecule has 3 nitrogen and oxygen atoms in total. The Labute approximate surface area is 111 Å². The van der Waals surface area contributed by atoms with Gasteiger partial charge in [-0.1, -0.05) is 23.7 Å². The van der Waals surface area contributed by atoms with Gasteiger partial charge in [-0.05, 0) is 29.8 Å². The van der Waals surface area contributed by atoms with Crippen LogP contribution in [0.3, 0.4) is 0 Å². The standard InChI is InChI=1S/C14H12ClN3/c1-18(10-12-5-6-14(15)17-9-12)13-4-2-3-11(7-13)8-16/h2-7,9H,10H2,1H3. The normalized spacial score (nSPS) is 9.83. The lowest BCUT2D eigenvalue weighted by Crippen LogP contribution is -2.16. The summed E-state index contributed by atoms with van der Waals surface area (Å²) in [7, 11) is 1.98. The average molecular weight is 258 g/mol. The summed E-state index contributed by atoms with van der Waals surface area (Å²) in [4.78, 5) is 6.11. The van der Waals surface area contributed by atoms with E-state index in [0.717, 1.165) is 17.8 Å². The van der Waals surface area contributed by atoms with Gasteiger partial charge in [0.25, 0.3) is 0 Å². The van der Waals surface area contributed by atoms with E-state index in [-0.39, 0.29) is 0 Å². The Bertz CT molecular complexity index is 572. The monoisotopic (exact) mass is 257 g/mol. The van der Waals surface area contributed by atoms with Crippen LogP contribution in [0.15, 0.2) is 42.6 Å². The van der Waals surface area contributed by atoms with E-state index in [9.17, 15) is 0 Å². The third-order valence-corrected chi connectivity index (χ3v) is 2.85. The summed E-state index contributed by atoms with van der Waals surface area (Å²) in [5, 5.41) is 9.36. The summed E-state index contributed by atoms with van der Waals surface area (Å²) < 4.78 is 0. The summed E-state index contributed by atoms with van der Waals surface area (Å²) in [6, 6.07) is 13.4. The third kappa shape index (κ3) is 2.99. The number of hydrogen-bond acceptors (Lipinski definition) is 3. The van der Waals surface area contributed by atoms with Gasteiger partial charge in [0.1, 0.15) is 5.15 Å². The molecule has 0 unspecified atom stereocenters. The molecule has 0 spiro atoms. The molecule has 0 N–H and O–H groups in total. The number of nitrogens with zero attached hydrogens (tertiary/aromatic N) is 3. The summed E-state index contributed by atoms with van der Waals surface area (Å²) in [5.74, 6) is 0. The second-order valence-electron chi connectivity index (χ2n) is 4.01. The van der Waals surface area contributed by atoms with Crippen molar-refractivity contribution < 1.29 is 0 Å². The molecule has 1 heterocycles. The van der Waals surface area contributed by atoms with Crippen molar-refractivity contribution in [1.82, 2.24) is 4.98 Å². The van der Waals surface area contributed by atoms with Crippen molar-refractivity contribution in [2.24, 2.45) is 0 Å². The molecule has 2 rings (SSSR count). The molecule has 0 radical (unpaired) electrons. The molecule has 90 valence electrons. The zero-order valence-electron chi connectivity index (χ0n) is 9.97. The first-order chi connectivity index (χ1) is 8.69. The lowest BCUT2D eigenvalue weighted by atomic mass is 10.2. The Morgan fingerprint density at radius 1 is 1.33 bits per heavy atom. The predicted octanol–water partition coefficient (Wildman–Crippen LogP) is 3.24. The topological polar surface area (TPSA) is 39.9 Å². The quantitative estimate of drug-likeness (QED) is 0.793. The van der Waals surface area contributed by atoms with Gasteiger partial charge in [-0.25, -0.2) is 4.98 Å². The minimum absolute atomic E-state index is 0.493. The van der Waals surface area contributed by atoms with Crippen LogP contribution in [-0.4, -0.2) is 12.0 Å². The molecule has 2 aromatic rings. The third-order valence-electron chi connectivity index (χ3n) is 2.62. The molecule has 1 aromatic heterocycles. The van der Waals surface area contributed by atoms with E-state index < -0.39 is 0 Å². The predicted molar refractivity (Wildman–Crippen MR) is 72.5 cm³/mol. The molecule has 1 aromatic carbocycles. The molecule has 0 aliphatic heterocycles. The second kappa shape index (κ2) is 5.52. The maximum atomic E-state index is 8.87. The Kier molecular flexibility index (Phi) is 3.81. The van der Waals surface area contributed by atoms with Crippen LogP contribution in [0.5, 0.6) is 0 Å². The van der Waals surface area contributed by atoms with E-state index in [1.807, 2.05) is 31.3 Å². The van der Waals surface area contributed by atoms with E-state index in [1.165, 1.54) is 0 Å². The van der Waals surface area contributed by atoms with Crippen LogP contribution >= 0.6 is 11.6 Å². The highest BCUT2D eigenvalue weighted by Gasteiger charge is 2.03. The van der Waals surface area contributed by atoms with Gasteiger partial charge in [0, 0.05) is 25.5 Å².